The van der Waals surface area contributed by atoms with Gasteiger partial charge >= 0.3 is 0 Å². The quantitative estimate of drug-likeness (QED) is 0.619. The molecular formula is C11H15F4N3O2. The highest BCUT2D eigenvalue weighted by atomic mass is 19.3. The lowest BCUT2D eigenvalue weighted by Crippen LogP contribution is -2.34. The van der Waals surface area contributed by atoms with Crippen LogP contribution >= 0.6 is 0 Å². The van der Waals surface area contributed by atoms with Crippen molar-refractivity contribution in [3.8, 4) is 0 Å². The maximum absolute atomic E-state index is 12.8. The molecule has 0 saturated carbocycles. The van der Waals surface area contributed by atoms with Crippen LogP contribution in [-0.4, -0.2) is 35.9 Å². The van der Waals surface area contributed by atoms with E-state index in [4.69, 9.17) is 4.74 Å². The van der Waals surface area contributed by atoms with Crippen LogP contribution in [0.1, 0.15) is 37.2 Å². The molecule has 1 aromatic rings. The second kappa shape index (κ2) is 7.22. The Morgan fingerprint density at radius 2 is 2.05 bits per heavy atom. The maximum atomic E-state index is 12.8. The standard InChI is InChI=1S/C11H15F4N3O2/c1-6(11(19)16-3-4-20-2)18-8(10(14)15)5-7(17-18)9(12)13/h5-6,9-10H,3-4H2,1-2H3,(H,16,19). The lowest BCUT2D eigenvalue weighted by molar-refractivity contribution is -0.124. The number of nitrogens with zero attached hydrogens (tertiary/aromatic N) is 2. The van der Waals surface area contributed by atoms with Gasteiger partial charge in [0.2, 0.25) is 5.91 Å². The summed E-state index contributed by atoms with van der Waals surface area (Å²) in [5.41, 5.74) is -1.49. The smallest absolute Gasteiger partial charge is 0.282 e. The predicted octanol–water partition coefficient (Wildman–Crippen LogP) is 2.08. The number of carbonyl (C=O) groups excluding carboxylic acids is 1. The van der Waals surface area contributed by atoms with Crippen molar-refractivity contribution in [2.45, 2.75) is 25.8 Å². The summed E-state index contributed by atoms with van der Waals surface area (Å²) in [5.74, 6) is -0.604. The van der Waals surface area contributed by atoms with Crippen LogP contribution in [0.4, 0.5) is 17.6 Å². The molecule has 0 aliphatic rings. The van der Waals surface area contributed by atoms with Crippen LogP contribution in [0.5, 0.6) is 0 Å². The van der Waals surface area contributed by atoms with Crippen molar-refractivity contribution in [2.24, 2.45) is 0 Å². The molecule has 1 atom stereocenters. The summed E-state index contributed by atoms with van der Waals surface area (Å²) in [6.45, 7) is 1.74. The van der Waals surface area contributed by atoms with Gasteiger partial charge in [0.05, 0.1) is 6.61 Å². The molecule has 1 N–H and O–H groups in total. The number of hydrogen-bond acceptors (Lipinski definition) is 3. The van der Waals surface area contributed by atoms with Crippen molar-refractivity contribution < 1.29 is 27.1 Å². The van der Waals surface area contributed by atoms with E-state index in [1.807, 2.05) is 0 Å². The highest BCUT2D eigenvalue weighted by Gasteiger charge is 2.26. The fourth-order valence-corrected chi connectivity index (χ4v) is 1.54. The molecule has 0 aliphatic heterocycles. The van der Waals surface area contributed by atoms with Gasteiger partial charge in [0, 0.05) is 13.7 Å². The van der Waals surface area contributed by atoms with Gasteiger partial charge in [-0.05, 0) is 13.0 Å². The first-order chi connectivity index (χ1) is 9.38. The molecule has 114 valence electrons. The summed E-state index contributed by atoms with van der Waals surface area (Å²) in [6, 6.07) is -0.516. The third-order valence-corrected chi connectivity index (χ3v) is 2.58. The van der Waals surface area contributed by atoms with Gasteiger partial charge in [-0.25, -0.2) is 17.6 Å². The average molecular weight is 297 g/mol. The third kappa shape index (κ3) is 3.92. The molecule has 1 amide bonds. The lowest BCUT2D eigenvalue weighted by atomic mass is 10.3. The number of rotatable bonds is 7. The number of methoxy groups -OCH3 is 1. The number of hydrogen-bond donors (Lipinski definition) is 1. The molecule has 1 aromatic heterocycles. The summed E-state index contributed by atoms with van der Waals surface area (Å²) in [6.07, 6.45) is -5.97. The minimum atomic E-state index is -3.00. The summed E-state index contributed by atoms with van der Waals surface area (Å²) in [5, 5.41) is 5.80. The average Bonchev–Trinajstić information content (AvgIpc) is 2.83. The molecule has 0 bridgehead atoms. The Balaban J connectivity index is 2.90. The van der Waals surface area contributed by atoms with E-state index < -0.39 is 36.2 Å². The fraction of sp³-hybridized carbons (Fsp3) is 0.636. The second-order valence-corrected chi connectivity index (χ2v) is 4.00. The number of aromatic nitrogens is 2. The van der Waals surface area contributed by atoms with Crippen molar-refractivity contribution in [3.63, 3.8) is 0 Å². The number of amides is 1. The van der Waals surface area contributed by atoms with Crippen molar-refractivity contribution in [1.29, 1.82) is 0 Å². The van der Waals surface area contributed by atoms with Gasteiger partial charge in [0.15, 0.2) is 0 Å². The Hall–Kier alpha value is -1.64. The highest BCUT2D eigenvalue weighted by Crippen LogP contribution is 2.27. The van der Waals surface area contributed by atoms with Gasteiger partial charge in [-0.2, -0.15) is 5.10 Å². The SMILES string of the molecule is COCCNC(=O)C(C)n1nc(C(F)F)cc1C(F)F. The van der Waals surface area contributed by atoms with E-state index in [-0.39, 0.29) is 13.2 Å². The van der Waals surface area contributed by atoms with E-state index >= 15 is 0 Å². The van der Waals surface area contributed by atoms with E-state index in [0.29, 0.717) is 10.7 Å². The topological polar surface area (TPSA) is 56.1 Å². The molecule has 20 heavy (non-hydrogen) atoms. The molecule has 0 aromatic carbocycles. The number of alkyl halides is 4. The monoisotopic (exact) mass is 297 g/mol. The molecular weight excluding hydrogens is 282 g/mol. The minimum Gasteiger partial charge on any atom is -0.383 e. The summed E-state index contributed by atoms with van der Waals surface area (Å²) in [7, 11) is 1.44. The molecule has 0 saturated heterocycles. The first-order valence-corrected chi connectivity index (χ1v) is 5.80. The van der Waals surface area contributed by atoms with Crippen LogP contribution < -0.4 is 5.32 Å². The Labute approximate surface area is 112 Å². The van der Waals surface area contributed by atoms with Crippen LogP contribution in [0.2, 0.25) is 0 Å². The third-order valence-electron chi connectivity index (χ3n) is 2.58. The van der Waals surface area contributed by atoms with Gasteiger partial charge in [0.25, 0.3) is 12.9 Å². The van der Waals surface area contributed by atoms with Crippen molar-refractivity contribution >= 4 is 5.91 Å². The first kappa shape index (κ1) is 16.4. The van der Waals surface area contributed by atoms with Crippen molar-refractivity contribution in [1.82, 2.24) is 15.1 Å². The van der Waals surface area contributed by atoms with Crippen molar-refractivity contribution in [2.75, 3.05) is 20.3 Å². The van der Waals surface area contributed by atoms with Gasteiger partial charge in [-0.1, -0.05) is 0 Å². The van der Waals surface area contributed by atoms with Crippen LogP contribution in [-0.2, 0) is 9.53 Å². The number of ether oxygens (including phenoxy) is 1. The van der Waals surface area contributed by atoms with Gasteiger partial charge in [0.1, 0.15) is 17.4 Å². The molecule has 1 rings (SSSR count). The number of halogens is 4. The Bertz CT molecular complexity index is 451. The Morgan fingerprint density at radius 3 is 2.55 bits per heavy atom. The molecule has 5 nitrogen and oxygen atoms in total. The normalized spacial score (nSPS) is 13.0. The predicted molar refractivity (Wildman–Crippen MR) is 61.7 cm³/mol. The zero-order valence-electron chi connectivity index (χ0n) is 10.9. The molecule has 0 spiro atoms. The van der Waals surface area contributed by atoms with Crippen LogP contribution in [0.25, 0.3) is 0 Å². The molecule has 0 radical (unpaired) electrons. The highest BCUT2D eigenvalue weighted by molar-refractivity contribution is 5.79. The second-order valence-electron chi connectivity index (χ2n) is 4.00. The molecule has 9 heteroatoms. The fourth-order valence-electron chi connectivity index (χ4n) is 1.54. The van der Waals surface area contributed by atoms with Gasteiger partial charge in [-0.15, -0.1) is 0 Å². The van der Waals surface area contributed by atoms with E-state index in [9.17, 15) is 22.4 Å². The van der Waals surface area contributed by atoms with E-state index in [1.54, 1.807) is 0 Å². The summed E-state index contributed by atoms with van der Waals surface area (Å²) in [4.78, 5) is 11.7. The number of carbonyl (C=O) groups is 1. The Kier molecular flexibility index (Phi) is 5.93. The number of nitrogens with one attached hydrogen (secondary N) is 1. The first-order valence-electron chi connectivity index (χ1n) is 5.80. The van der Waals surface area contributed by atoms with Crippen molar-refractivity contribution in [3.05, 3.63) is 17.5 Å². The summed E-state index contributed by atoms with van der Waals surface area (Å²) >= 11 is 0. The zero-order chi connectivity index (χ0) is 15.3. The molecule has 1 heterocycles. The largest absolute Gasteiger partial charge is 0.383 e. The van der Waals surface area contributed by atoms with Gasteiger partial charge < -0.3 is 10.1 Å². The minimum absolute atomic E-state index is 0.187. The zero-order valence-corrected chi connectivity index (χ0v) is 10.9. The van der Waals surface area contributed by atoms with Gasteiger partial charge in [-0.3, -0.25) is 9.48 Å². The van der Waals surface area contributed by atoms with E-state index in [1.165, 1.54) is 14.0 Å². The maximum Gasteiger partial charge on any atom is 0.282 e. The molecule has 0 aliphatic carbocycles. The van der Waals surface area contributed by atoms with Crippen LogP contribution in [0.3, 0.4) is 0 Å². The molecule has 0 fully saturated rings. The van der Waals surface area contributed by atoms with Crippen LogP contribution in [0, 0.1) is 0 Å². The van der Waals surface area contributed by atoms with Crippen LogP contribution in [0.15, 0.2) is 6.07 Å². The molecule has 1 unspecified atom stereocenters. The summed E-state index contributed by atoms with van der Waals surface area (Å²) < 4.78 is 55.9. The van der Waals surface area contributed by atoms with E-state index in [2.05, 4.69) is 10.4 Å². The van der Waals surface area contributed by atoms with E-state index in [0.717, 1.165) is 0 Å². The Morgan fingerprint density at radius 1 is 1.40 bits per heavy atom. The lowest BCUT2D eigenvalue weighted by Gasteiger charge is -2.15.